The monoisotopic (exact) mass is 472 g/mol. The minimum Gasteiger partial charge on any atom is -0.247 e. The van der Waals surface area contributed by atoms with Crippen LogP contribution in [0.4, 0.5) is 17.6 Å². The van der Waals surface area contributed by atoms with Crippen LogP contribution in [0.2, 0.25) is 0 Å². The highest BCUT2D eigenvalue weighted by atomic mass is 19.2. The van der Waals surface area contributed by atoms with Crippen LogP contribution in [0.1, 0.15) is 116 Å². The van der Waals surface area contributed by atoms with Gasteiger partial charge in [-0.3, -0.25) is 0 Å². The Kier molecular flexibility index (Phi) is 9.47. The second-order valence-electron chi connectivity index (χ2n) is 12.4. The van der Waals surface area contributed by atoms with Crippen molar-refractivity contribution >= 4 is 0 Å². The van der Waals surface area contributed by atoms with E-state index in [2.05, 4.69) is 6.92 Å². The van der Waals surface area contributed by atoms with Crippen LogP contribution in [0.3, 0.4) is 0 Å². The van der Waals surface area contributed by atoms with E-state index in [1.54, 1.807) is 0 Å². The van der Waals surface area contributed by atoms with Gasteiger partial charge in [0, 0.05) is 0 Å². The van der Waals surface area contributed by atoms with E-state index < -0.39 is 24.7 Å². The fourth-order valence-electron chi connectivity index (χ4n) is 8.36. The third-order valence-corrected chi connectivity index (χ3v) is 10.5. The highest BCUT2D eigenvalue weighted by Gasteiger charge is 2.46. The lowest BCUT2D eigenvalue weighted by Gasteiger charge is -2.44. The third kappa shape index (κ3) is 6.49. The normalized spacial score (nSPS) is 47.4. The van der Waals surface area contributed by atoms with Crippen LogP contribution in [-0.2, 0) is 0 Å². The zero-order chi connectivity index (χ0) is 23.4. The number of unbranched alkanes of at least 4 members (excludes halogenated alkanes) is 2. The van der Waals surface area contributed by atoms with Gasteiger partial charge in [0.2, 0.25) is 0 Å². The molecule has 4 aliphatic rings. The molecular formula is C29H48F4. The van der Waals surface area contributed by atoms with E-state index in [1.165, 1.54) is 77.0 Å². The molecule has 4 aliphatic carbocycles. The van der Waals surface area contributed by atoms with Crippen LogP contribution < -0.4 is 0 Å². The summed E-state index contributed by atoms with van der Waals surface area (Å²) >= 11 is 0. The molecule has 192 valence electrons. The maximum Gasteiger partial charge on any atom is 0.162 e. The molecule has 0 N–H and O–H groups in total. The van der Waals surface area contributed by atoms with Gasteiger partial charge >= 0.3 is 0 Å². The van der Waals surface area contributed by atoms with Gasteiger partial charge in [0.25, 0.3) is 0 Å². The minimum atomic E-state index is -2.01. The molecule has 0 radical (unpaired) electrons. The zero-order valence-electron chi connectivity index (χ0n) is 20.9. The number of alkyl halides is 4. The highest BCUT2D eigenvalue weighted by molar-refractivity contribution is 4.95. The topological polar surface area (TPSA) is 0 Å². The molecule has 0 aromatic carbocycles. The van der Waals surface area contributed by atoms with E-state index in [-0.39, 0.29) is 24.7 Å². The molecule has 0 aliphatic heterocycles. The molecule has 0 nitrogen and oxygen atoms in total. The molecule has 4 saturated carbocycles. The Morgan fingerprint density at radius 2 is 1.00 bits per heavy atom. The Hall–Kier alpha value is -0.280. The summed E-state index contributed by atoms with van der Waals surface area (Å²) in [4.78, 5) is 0. The molecule has 4 fully saturated rings. The summed E-state index contributed by atoms with van der Waals surface area (Å²) in [5.41, 5.74) is 0. The Bertz CT molecular complexity index is 554. The summed E-state index contributed by atoms with van der Waals surface area (Å²) in [6, 6.07) is 0. The van der Waals surface area contributed by atoms with Crippen molar-refractivity contribution in [3.63, 3.8) is 0 Å². The van der Waals surface area contributed by atoms with Gasteiger partial charge in [0.1, 0.15) is 18.5 Å². The molecule has 0 saturated heterocycles. The number of halogens is 4. The summed E-state index contributed by atoms with van der Waals surface area (Å²) < 4.78 is 56.4. The molecular weight excluding hydrogens is 424 g/mol. The second kappa shape index (κ2) is 12.1. The number of hydrogen-bond donors (Lipinski definition) is 0. The molecule has 4 heteroatoms. The molecule has 5 unspecified atom stereocenters. The second-order valence-corrected chi connectivity index (χ2v) is 12.4. The predicted octanol–water partition coefficient (Wildman–Crippen LogP) is 9.36. The molecule has 0 aromatic heterocycles. The first-order chi connectivity index (χ1) is 16.0. The lowest BCUT2D eigenvalue weighted by atomic mass is 9.62. The zero-order valence-corrected chi connectivity index (χ0v) is 20.9. The lowest BCUT2D eigenvalue weighted by molar-refractivity contribution is -0.0292. The van der Waals surface area contributed by atoms with Crippen LogP contribution in [-0.4, -0.2) is 24.7 Å². The Morgan fingerprint density at radius 3 is 1.55 bits per heavy atom. The van der Waals surface area contributed by atoms with Crippen molar-refractivity contribution in [1.29, 1.82) is 0 Å². The Morgan fingerprint density at radius 1 is 0.515 bits per heavy atom. The summed E-state index contributed by atoms with van der Waals surface area (Å²) in [5.74, 6) is 3.25. The van der Waals surface area contributed by atoms with Crippen molar-refractivity contribution in [3.05, 3.63) is 0 Å². The van der Waals surface area contributed by atoms with E-state index in [1.807, 2.05) is 0 Å². The summed E-state index contributed by atoms with van der Waals surface area (Å²) in [5, 5.41) is 0. The van der Waals surface area contributed by atoms with Crippen molar-refractivity contribution in [2.24, 2.45) is 41.4 Å². The lowest BCUT2D eigenvalue weighted by Crippen LogP contribution is -2.43. The Labute approximate surface area is 200 Å². The van der Waals surface area contributed by atoms with Gasteiger partial charge in [-0.15, -0.1) is 0 Å². The predicted molar refractivity (Wildman–Crippen MR) is 128 cm³/mol. The standard InChI is InChI=1S/C29H48F4/c1-2-3-4-5-19-6-8-20(9-7-19)21-10-12-22(13-11-21)23-14-15-25(26(30)16-23)24-17-27(31)29(33)28(32)18-24/h19-29H,2-18H2,1H3. The molecule has 0 spiro atoms. The van der Waals surface area contributed by atoms with Crippen LogP contribution in [0.15, 0.2) is 0 Å². The van der Waals surface area contributed by atoms with Crippen molar-refractivity contribution in [2.45, 2.75) is 141 Å². The summed E-state index contributed by atoms with van der Waals surface area (Å²) in [7, 11) is 0. The first-order valence-electron chi connectivity index (χ1n) is 14.5. The number of rotatable bonds is 7. The average molecular weight is 473 g/mol. The van der Waals surface area contributed by atoms with E-state index in [4.69, 9.17) is 0 Å². The minimum absolute atomic E-state index is 0.00327. The van der Waals surface area contributed by atoms with Crippen molar-refractivity contribution in [2.75, 3.05) is 0 Å². The van der Waals surface area contributed by atoms with Gasteiger partial charge < -0.3 is 0 Å². The van der Waals surface area contributed by atoms with Gasteiger partial charge in [-0.25, -0.2) is 17.6 Å². The number of hydrogen-bond acceptors (Lipinski definition) is 0. The van der Waals surface area contributed by atoms with Crippen LogP contribution >= 0.6 is 0 Å². The largest absolute Gasteiger partial charge is 0.247 e. The van der Waals surface area contributed by atoms with E-state index in [0.29, 0.717) is 18.3 Å². The molecule has 0 heterocycles. The van der Waals surface area contributed by atoms with Crippen LogP contribution in [0.25, 0.3) is 0 Å². The molecule has 5 atom stereocenters. The van der Waals surface area contributed by atoms with E-state index >= 15 is 4.39 Å². The quantitative estimate of drug-likeness (QED) is 0.256. The Balaban J connectivity index is 1.18. The van der Waals surface area contributed by atoms with Crippen molar-refractivity contribution in [3.8, 4) is 0 Å². The first-order valence-corrected chi connectivity index (χ1v) is 14.5. The first kappa shape index (κ1) is 25.8. The van der Waals surface area contributed by atoms with E-state index in [0.717, 1.165) is 30.6 Å². The van der Waals surface area contributed by atoms with Crippen molar-refractivity contribution < 1.29 is 17.6 Å². The summed E-state index contributed by atoms with van der Waals surface area (Å²) in [6.07, 6.45) is 12.2. The molecule has 0 bridgehead atoms. The molecule has 33 heavy (non-hydrogen) atoms. The fraction of sp³-hybridized carbons (Fsp3) is 1.00. The fourth-order valence-corrected chi connectivity index (χ4v) is 8.36. The van der Waals surface area contributed by atoms with Gasteiger partial charge in [-0.05, 0) is 112 Å². The molecule has 0 amide bonds. The molecule has 4 rings (SSSR count). The van der Waals surface area contributed by atoms with Crippen LogP contribution in [0, 0.1) is 41.4 Å². The van der Waals surface area contributed by atoms with Gasteiger partial charge in [-0.2, -0.15) is 0 Å². The maximum absolute atomic E-state index is 15.2. The van der Waals surface area contributed by atoms with Gasteiger partial charge in [0.15, 0.2) is 6.17 Å². The average Bonchev–Trinajstić information content (AvgIpc) is 2.83. The highest BCUT2D eigenvalue weighted by Crippen LogP contribution is 2.49. The van der Waals surface area contributed by atoms with Crippen molar-refractivity contribution in [1.82, 2.24) is 0 Å². The van der Waals surface area contributed by atoms with Gasteiger partial charge in [0.05, 0.1) is 0 Å². The third-order valence-electron chi connectivity index (χ3n) is 10.5. The maximum atomic E-state index is 15.2. The summed E-state index contributed by atoms with van der Waals surface area (Å²) in [6.45, 7) is 2.28. The van der Waals surface area contributed by atoms with E-state index in [9.17, 15) is 13.2 Å². The smallest absolute Gasteiger partial charge is 0.162 e. The SMILES string of the molecule is CCCCCC1CCC(C2CCC(C3CCC(C4CC(F)C(F)C(F)C4)C(F)C3)CC2)CC1. The van der Waals surface area contributed by atoms with Gasteiger partial charge in [-0.1, -0.05) is 45.4 Å². The van der Waals surface area contributed by atoms with Crippen LogP contribution in [0.5, 0.6) is 0 Å². The molecule has 0 aromatic rings.